The lowest BCUT2D eigenvalue weighted by Crippen LogP contribution is -2.03. The summed E-state index contributed by atoms with van der Waals surface area (Å²) < 4.78 is 16.0. The maximum atomic E-state index is 5.44. The summed E-state index contributed by atoms with van der Waals surface area (Å²) in [5.41, 5.74) is 1.54. The summed E-state index contributed by atoms with van der Waals surface area (Å²) in [6, 6.07) is 13.0. The number of benzene rings is 2. The Morgan fingerprint density at radius 1 is 0.926 bits per heavy atom. The lowest BCUT2D eigenvalue weighted by Gasteiger charge is -2.12. The Morgan fingerprint density at radius 3 is 2.41 bits per heavy atom. The minimum atomic E-state index is 0.331. The number of nitrogens with one attached hydrogen (secondary N) is 2. The largest absolute Gasteiger partial charge is 0.497 e. The van der Waals surface area contributed by atoms with Crippen LogP contribution in [0.1, 0.15) is 6.92 Å². The van der Waals surface area contributed by atoms with Crippen molar-refractivity contribution in [1.29, 1.82) is 0 Å². The van der Waals surface area contributed by atoms with Crippen LogP contribution in [0.15, 0.2) is 48.7 Å². The molecule has 0 atom stereocenters. The van der Waals surface area contributed by atoms with Gasteiger partial charge in [-0.05, 0) is 43.3 Å². The summed E-state index contributed by atoms with van der Waals surface area (Å²) in [6.07, 6.45) is 1.55. The number of anilines is 4. The second-order valence-corrected chi connectivity index (χ2v) is 5.44. The molecule has 0 unspecified atom stereocenters. The molecule has 8 nitrogen and oxygen atoms in total. The zero-order valence-corrected chi connectivity index (χ0v) is 15.4. The molecule has 0 aliphatic heterocycles. The fourth-order valence-corrected chi connectivity index (χ4v) is 2.40. The van der Waals surface area contributed by atoms with Crippen LogP contribution < -0.4 is 24.8 Å². The molecule has 2 N–H and O–H groups in total. The van der Waals surface area contributed by atoms with Gasteiger partial charge in [0.2, 0.25) is 5.95 Å². The first-order chi connectivity index (χ1) is 13.2. The Bertz CT molecular complexity index is 887. The Labute approximate surface area is 157 Å². The summed E-state index contributed by atoms with van der Waals surface area (Å²) in [5.74, 6) is 3.03. The molecule has 8 heteroatoms. The molecule has 140 valence electrons. The van der Waals surface area contributed by atoms with Gasteiger partial charge in [0.05, 0.1) is 32.7 Å². The number of methoxy groups -OCH3 is 2. The quantitative estimate of drug-likeness (QED) is 0.622. The van der Waals surface area contributed by atoms with Crippen molar-refractivity contribution in [2.24, 2.45) is 0 Å². The number of rotatable bonds is 8. The zero-order valence-electron chi connectivity index (χ0n) is 15.4. The molecule has 0 bridgehead atoms. The van der Waals surface area contributed by atoms with Crippen molar-refractivity contribution in [3.05, 3.63) is 48.7 Å². The molecule has 0 spiro atoms. The monoisotopic (exact) mass is 367 g/mol. The minimum absolute atomic E-state index is 0.331. The molecule has 0 aliphatic carbocycles. The highest BCUT2D eigenvalue weighted by Gasteiger charge is 2.08. The van der Waals surface area contributed by atoms with Crippen LogP contribution in [-0.4, -0.2) is 36.0 Å². The van der Waals surface area contributed by atoms with Gasteiger partial charge in [0.1, 0.15) is 17.2 Å². The second kappa shape index (κ2) is 8.70. The van der Waals surface area contributed by atoms with E-state index in [-0.39, 0.29) is 0 Å². The second-order valence-electron chi connectivity index (χ2n) is 5.44. The average molecular weight is 367 g/mol. The average Bonchev–Trinajstić information content (AvgIpc) is 2.70. The molecular formula is C19H21N5O3. The van der Waals surface area contributed by atoms with Crippen LogP contribution in [0.5, 0.6) is 17.2 Å². The maximum Gasteiger partial charge on any atom is 0.249 e. The van der Waals surface area contributed by atoms with E-state index in [0.29, 0.717) is 35.6 Å². The van der Waals surface area contributed by atoms with Gasteiger partial charge in [-0.2, -0.15) is 10.1 Å². The van der Waals surface area contributed by atoms with Crippen molar-refractivity contribution < 1.29 is 14.2 Å². The summed E-state index contributed by atoms with van der Waals surface area (Å²) in [4.78, 5) is 4.43. The molecule has 3 aromatic rings. The smallest absolute Gasteiger partial charge is 0.249 e. The lowest BCUT2D eigenvalue weighted by molar-refractivity contribution is 0.340. The van der Waals surface area contributed by atoms with Crippen LogP contribution in [0, 0.1) is 0 Å². The van der Waals surface area contributed by atoms with E-state index in [1.54, 1.807) is 32.5 Å². The predicted octanol–water partition coefficient (Wildman–Crippen LogP) is 3.77. The maximum absolute atomic E-state index is 5.44. The highest BCUT2D eigenvalue weighted by molar-refractivity contribution is 5.66. The summed E-state index contributed by atoms with van der Waals surface area (Å²) in [5, 5.41) is 14.3. The van der Waals surface area contributed by atoms with Crippen molar-refractivity contribution in [2.45, 2.75) is 6.92 Å². The third-order valence-corrected chi connectivity index (χ3v) is 3.65. The topological polar surface area (TPSA) is 90.4 Å². The van der Waals surface area contributed by atoms with Crippen molar-refractivity contribution in [3.63, 3.8) is 0 Å². The van der Waals surface area contributed by atoms with Crippen LogP contribution in [0.3, 0.4) is 0 Å². The van der Waals surface area contributed by atoms with E-state index in [4.69, 9.17) is 14.2 Å². The van der Waals surface area contributed by atoms with Crippen LogP contribution in [0.25, 0.3) is 0 Å². The summed E-state index contributed by atoms with van der Waals surface area (Å²) >= 11 is 0. The first-order valence-corrected chi connectivity index (χ1v) is 8.40. The Morgan fingerprint density at radius 2 is 1.70 bits per heavy atom. The molecule has 0 aliphatic rings. The summed E-state index contributed by atoms with van der Waals surface area (Å²) in [7, 11) is 3.20. The number of hydrogen-bond donors (Lipinski definition) is 2. The SMILES string of the molecule is CCOc1ccc(Nc2cnnc(Nc3cc(OC)ccc3OC)n2)cc1. The molecule has 0 fully saturated rings. The third kappa shape index (κ3) is 4.75. The highest BCUT2D eigenvalue weighted by atomic mass is 16.5. The molecule has 1 aromatic heterocycles. The van der Waals surface area contributed by atoms with E-state index in [9.17, 15) is 0 Å². The van der Waals surface area contributed by atoms with Gasteiger partial charge >= 0.3 is 0 Å². The standard InChI is InChI=1S/C19H21N5O3/c1-4-27-14-7-5-13(6-8-14)21-18-12-20-24-19(23-18)22-16-11-15(25-2)9-10-17(16)26-3/h5-12H,4H2,1-3H3,(H2,21,22,23,24). The van der Waals surface area contributed by atoms with Crippen molar-refractivity contribution in [1.82, 2.24) is 15.2 Å². The van der Waals surface area contributed by atoms with Gasteiger partial charge < -0.3 is 24.8 Å². The Hall–Kier alpha value is -3.55. The molecule has 0 saturated heterocycles. The Kier molecular flexibility index (Phi) is 5.88. The predicted molar refractivity (Wildman–Crippen MR) is 104 cm³/mol. The van der Waals surface area contributed by atoms with Crippen molar-refractivity contribution in [3.8, 4) is 17.2 Å². The number of ether oxygens (including phenoxy) is 3. The minimum Gasteiger partial charge on any atom is -0.497 e. The molecule has 3 rings (SSSR count). The fourth-order valence-electron chi connectivity index (χ4n) is 2.40. The molecule has 27 heavy (non-hydrogen) atoms. The van der Waals surface area contributed by atoms with Gasteiger partial charge in [-0.3, -0.25) is 0 Å². The number of aromatic nitrogens is 3. The normalized spacial score (nSPS) is 10.2. The van der Waals surface area contributed by atoms with E-state index in [1.807, 2.05) is 37.3 Å². The fraction of sp³-hybridized carbons (Fsp3) is 0.211. The first kappa shape index (κ1) is 18.2. The molecular weight excluding hydrogens is 346 g/mol. The van der Waals surface area contributed by atoms with E-state index >= 15 is 0 Å². The summed E-state index contributed by atoms with van der Waals surface area (Å²) in [6.45, 7) is 2.58. The molecule has 0 saturated carbocycles. The zero-order chi connectivity index (χ0) is 19.1. The first-order valence-electron chi connectivity index (χ1n) is 8.40. The van der Waals surface area contributed by atoms with Crippen LogP contribution in [0.4, 0.5) is 23.1 Å². The van der Waals surface area contributed by atoms with Crippen LogP contribution in [-0.2, 0) is 0 Å². The third-order valence-electron chi connectivity index (χ3n) is 3.65. The molecule has 0 radical (unpaired) electrons. The van der Waals surface area contributed by atoms with E-state index in [2.05, 4.69) is 25.8 Å². The number of nitrogens with zero attached hydrogens (tertiary/aromatic N) is 3. The van der Waals surface area contributed by atoms with Gasteiger partial charge in [-0.15, -0.1) is 5.10 Å². The number of hydrogen-bond acceptors (Lipinski definition) is 8. The van der Waals surface area contributed by atoms with Gasteiger partial charge in [0.25, 0.3) is 0 Å². The highest BCUT2D eigenvalue weighted by Crippen LogP contribution is 2.30. The van der Waals surface area contributed by atoms with Crippen molar-refractivity contribution in [2.75, 3.05) is 31.5 Å². The molecule has 2 aromatic carbocycles. The van der Waals surface area contributed by atoms with Gasteiger partial charge in [-0.25, -0.2) is 0 Å². The van der Waals surface area contributed by atoms with E-state index in [1.165, 1.54) is 0 Å². The van der Waals surface area contributed by atoms with Crippen LogP contribution in [0.2, 0.25) is 0 Å². The van der Waals surface area contributed by atoms with Gasteiger partial charge in [0.15, 0.2) is 5.82 Å². The van der Waals surface area contributed by atoms with E-state index in [0.717, 1.165) is 11.4 Å². The van der Waals surface area contributed by atoms with Gasteiger partial charge in [0, 0.05) is 11.8 Å². The van der Waals surface area contributed by atoms with Gasteiger partial charge in [-0.1, -0.05) is 0 Å². The molecule has 0 amide bonds. The van der Waals surface area contributed by atoms with E-state index < -0.39 is 0 Å². The van der Waals surface area contributed by atoms with Crippen LogP contribution >= 0.6 is 0 Å². The molecule has 1 heterocycles. The lowest BCUT2D eigenvalue weighted by atomic mass is 10.2. The van der Waals surface area contributed by atoms with Crippen molar-refractivity contribution >= 4 is 23.1 Å². The Balaban J connectivity index is 1.76.